The van der Waals surface area contributed by atoms with Gasteiger partial charge in [0.25, 0.3) is 5.91 Å². The number of carbonyl (C=O) groups is 1. The molecule has 2 N–H and O–H groups in total. The van der Waals surface area contributed by atoms with E-state index in [2.05, 4.69) is 0 Å². The molecule has 2 fully saturated rings. The zero-order valence-electron chi connectivity index (χ0n) is 9.72. The van der Waals surface area contributed by atoms with Gasteiger partial charge >= 0.3 is 0 Å². The van der Waals surface area contributed by atoms with Crippen LogP contribution in [0, 0.1) is 5.92 Å². The molecule has 2 atom stereocenters. The summed E-state index contributed by atoms with van der Waals surface area (Å²) in [5.74, 6) is 0.878. The van der Waals surface area contributed by atoms with E-state index in [1.165, 1.54) is 12.8 Å². The number of likely N-dealkylation sites (N-methyl/N-ethyl adjacent to an activating group) is 1. The van der Waals surface area contributed by atoms with Crippen LogP contribution in [0.3, 0.4) is 0 Å². The van der Waals surface area contributed by atoms with Crippen LogP contribution < -0.4 is 5.73 Å². The molecular formula is C11H21ClN2O2. The number of halogens is 1. The van der Waals surface area contributed by atoms with E-state index in [0.717, 1.165) is 25.3 Å². The van der Waals surface area contributed by atoms with E-state index in [0.29, 0.717) is 6.54 Å². The molecule has 0 spiro atoms. The summed E-state index contributed by atoms with van der Waals surface area (Å²) in [6.45, 7) is 1.42. The molecule has 1 aliphatic carbocycles. The van der Waals surface area contributed by atoms with Crippen molar-refractivity contribution in [1.82, 2.24) is 4.90 Å². The van der Waals surface area contributed by atoms with Crippen LogP contribution in [0.1, 0.15) is 25.7 Å². The second-order valence-electron chi connectivity index (χ2n) is 4.72. The van der Waals surface area contributed by atoms with E-state index < -0.39 is 0 Å². The third kappa shape index (κ3) is 3.34. The van der Waals surface area contributed by atoms with Gasteiger partial charge in [-0.1, -0.05) is 0 Å². The molecule has 1 aliphatic heterocycles. The van der Waals surface area contributed by atoms with E-state index in [-0.39, 0.29) is 30.5 Å². The number of nitrogens with two attached hydrogens (primary N) is 1. The van der Waals surface area contributed by atoms with Crippen LogP contribution in [-0.4, -0.2) is 43.2 Å². The summed E-state index contributed by atoms with van der Waals surface area (Å²) in [5, 5.41) is 0. The maximum atomic E-state index is 11.9. The molecule has 0 aromatic rings. The average Bonchev–Trinajstić information content (AvgIpc) is 2.92. The normalized spacial score (nSPS) is 28.6. The van der Waals surface area contributed by atoms with Crippen LogP contribution in [-0.2, 0) is 9.53 Å². The Balaban J connectivity index is 0.00000128. The van der Waals surface area contributed by atoms with Gasteiger partial charge in [-0.15, -0.1) is 12.4 Å². The summed E-state index contributed by atoms with van der Waals surface area (Å²) in [4.78, 5) is 13.8. The van der Waals surface area contributed by atoms with Crippen molar-refractivity contribution < 1.29 is 9.53 Å². The van der Waals surface area contributed by atoms with Gasteiger partial charge in [-0.2, -0.15) is 0 Å². The van der Waals surface area contributed by atoms with Gasteiger partial charge < -0.3 is 15.4 Å². The maximum Gasteiger partial charge on any atom is 0.251 e. The fourth-order valence-corrected chi connectivity index (χ4v) is 2.08. The minimum atomic E-state index is -0.234. The van der Waals surface area contributed by atoms with Crippen LogP contribution in [0.5, 0.6) is 0 Å². The fraction of sp³-hybridized carbons (Fsp3) is 0.909. The van der Waals surface area contributed by atoms with Crippen molar-refractivity contribution >= 4 is 18.3 Å². The van der Waals surface area contributed by atoms with Crippen molar-refractivity contribution in [2.45, 2.75) is 37.9 Å². The average molecular weight is 249 g/mol. The second-order valence-corrected chi connectivity index (χ2v) is 4.72. The SMILES string of the molecule is CN(CC1CC1)C(=O)[C@@H]1CC[C@H](CN)O1.Cl. The van der Waals surface area contributed by atoms with Gasteiger partial charge in [0.2, 0.25) is 0 Å². The Morgan fingerprint density at radius 2 is 2.06 bits per heavy atom. The van der Waals surface area contributed by atoms with Crippen LogP contribution in [0.25, 0.3) is 0 Å². The molecule has 1 heterocycles. The first kappa shape index (κ1) is 13.7. The van der Waals surface area contributed by atoms with Crippen LogP contribution in [0.15, 0.2) is 0 Å². The molecule has 94 valence electrons. The summed E-state index contributed by atoms with van der Waals surface area (Å²) < 4.78 is 5.58. The van der Waals surface area contributed by atoms with Crippen molar-refractivity contribution in [3.8, 4) is 0 Å². The van der Waals surface area contributed by atoms with E-state index in [4.69, 9.17) is 10.5 Å². The lowest BCUT2D eigenvalue weighted by atomic mass is 10.2. The van der Waals surface area contributed by atoms with Gasteiger partial charge in [-0.3, -0.25) is 4.79 Å². The molecule has 2 aliphatic rings. The fourth-order valence-electron chi connectivity index (χ4n) is 2.08. The number of amides is 1. The standard InChI is InChI=1S/C11H20N2O2.ClH/c1-13(7-8-2-3-8)11(14)10-5-4-9(6-12)15-10;/h8-10H,2-7,12H2,1H3;1H/t9-,10+;/m1./s1. The third-order valence-electron chi connectivity index (χ3n) is 3.25. The lowest BCUT2D eigenvalue weighted by molar-refractivity contribution is -0.141. The summed E-state index contributed by atoms with van der Waals surface area (Å²) in [7, 11) is 1.87. The highest BCUT2D eigenvalue weighted by Gasteiger charge is 2.33. The first-order valence-corrected chi connectivity index (χ1v) is 5.81. The highest BCUT2D eigenvalue weighted by atomic mass is 35.5. The maximum absolute atomic E-state index is 11.9. The number of nitrogens with zero attached hydrogens (tertiary/aromatic N) is 1. The quantitative estimate of drug-likeness (QED) is 0.800. The van der Waals surface area contributed by atoms with Crippen LogP contribution in [0.4, 0.5) is 0 Å². The molecule has 1 amide bonds. The van der Waals surface area contributed by atoms with Gasteiger partial charge in [0.05, 0.1) is 6.10 Å². The molecule has 0 radical (unpaired) electrons. The van der Waals surface area contributed by atoms with Gasteiger partial charge in [-0.05, 0) is 31.6 Å². The Labute approximate surface area is 103 Å². The predicted octanol–water partition coefficient (Wildman–Crippen LogP) is 0.783. The van der Waals surface area contributed by atoms with Crippen molar-refractivity contribution in [1.29, 1.82) is 0 Å². The number of hydrogen-bond donors (Lipinski definition) is 1. The Morgan fingerprint density at radius 3 is 2.56 bits per heavy atom. The largest absolute Gasteiger partial charge is 0.364 e. The summed E-state index contributed by atoms with van der Waals surface area (Å²) in [5.41, 5.74) is 5.51. The topological polar surface area (TPSA) is 55.6 Å². The minimum Gasteiger partial charge on any atom is -0.364 e. The van der Waals surface area contributed by atoms with E-state index in [1.54, 1.807) is 0 Å². The predicted molar refractivity (Wildman–Crippen MR) is 64.6 cm³/mol. The molecule has 16 heavy (non-hydrogen) atoms. The zero-order chi connectivity index (χ0) is 10.8. The van der Waals surface area contributed by atoms with Crippen LogP contribution in [0.2, 0.25) is 0 Å². The molecule has 1 saturated carbocycles. The number of ether oxygens (including phenoxy) is 1. The lowest BCUT2D eigenvalue weighted by Crippen LogP contribution is -2.38. The van der Waals surface area contributed by atoms with Crippen molar-refractivity contribution in [3.63, 3.8) is 0 Å². The number of carbonyl (C=O) groups excluding carboxylic acids is 1. The van der Waals surface area contributed by atoms with Gasteiger partial charge in [0.1, 0.15) is 6.10 Å². The number of hydrogen-bond acceptors (Lipinski definition) is 3. The number of rotatable bonds is 4. The zero-order valence-corrected chi connectivity index (χ0v) is 10.5. The molecule has 0 aromatic carbocycles. The van der Waals surface area contributed by atoms with Crippen molar-refractivity contribution in [2.75, 3.05) is 20.1 Å². The first-order valence-electron chi connectivity index (χ1n) is 5.81. The van der Waals surface area contributed by atoms with Crippen molar-refractivity contribution in [2.24, 2.45) is 11.7 Å². The monoisotopic (exact) mass is 248 g/mol. The Morgan fingerprint density at radius 1 is 1.38 bits per heavy atom. The highest BCUT2D eigenvalue weighted by molar-refractivity contribution is 5.85. The Hall–Kier alpha value is -0.320. The molecule has 1 saturated heterocycles. The molecule has 0 bridgehead atoms. The molecule has 4 nitrogen and oxygen atoms in total. The van der Waals surface area contributed by atoms with Crippen LogP contribution >= 0.6 is 12.4 Å². The van der Waals surface area contributed by atoms with Crippen molar-refractivity contribution in [3.05, 3.63) is 0 Å². The van der Waals surface area contributed by atoms with E-state index in [1.807, 2.05) is 11.9 Å². The molecule has 0 aromatic heterocycles. The smallest absolute Gasteiger partial charge is 0.251 e. The summed E-state index contributed by atoms with van der Waals surface area (Å²) in [6, 6.07) is 0. The molecule has 2 rings (SSSR count). The van der Waals surface area contributed by atoms with E-state index >= 15 is 0 Å². The second kappa shape index (κ2) is 5.84. The van der Waals surface area contributed by atoms with Gasteiger partial charge in [0.15, 0.2) is 0 Å². The third-order valence-corrected chi connectivity index (χ3v) is 3.25. The Kier molecular flexibility index (Phi) is 5.02. The minimum absolute atomic E-state index is 0. The molecular weight excluding hydrogens is 228 g/mol. The van der Waals surface area contributed by atoms with Gasteiger partial charge in [0, 0.05) is 20.1 Å². The Bertz CT molecular complexity index is 246. The molecule has 0 unspecified atom stereocenters. The summed E-state index contributed by atoms with van der Waals surface area (Å²) >= 11 is 0. The first-order chi connectivity index (χ1) is 7.20. The highest BCUT2D eigenvalue weighted by Crippen LogP contribution is 2.30. The lowest BCUT2D eigenvalue weighted by Gasteiger charge is -2.21. The van der Waals surface area contributed by atoms with Gasteiger partial charge in [-0.25, -0.2) is 0 Å². The molecule has 5 heteroatoms. The summed E-state index contributed by atoms with van der Waals surface area (Å²) in [6.07, 6.45) is 4.15. The van der Waals surface area contributed by atoms with E-state index in [9.17, 15) is 4.79 Å².